The highest BCUT2D eigenvalue weighted by molar-refractivity contribution is 6.12. The molecule has 0 radical (unpaired) electrons. The fourth-order valence-electron chi connectivity index (χ4n) is 3.40. The summed E-state index contributed by atoms with van der Waals surface area (Å²) in [6.45, 7) is 1.70. The monoisotopic (exact) mass is 376 g/mol. The van der Waals surface area contributed by atoms with Gasteiger partial charge >= 0.3 is 0 Å². The molecule has 1 heterocycles. The Kier molecular flexibility index (Phi) is 4.32. The third kappa shape index (κ3) is 3.09. The van der Waals surface area contributed by atoms with Gasteiger partial charge in [0.15, 0.2) is 11.7 Å². The van der Waals surface area contributed by atoms with Crippen molar-refractivity contribution in [3.63, 3.8) is 0 Å². The first-order valence-electron chi connectivity index (χ1n) is 8.76. The van der Waals surface area contributed by atoms with Crippen LogP contribution in [0.1, 0.15) is 46.4 Å². The van der Waals surface area contributed by atoms with Crippen molar-refractivity contribution in [3.8, 4) is 11.8 Å². The Bertz CT molecular complexity index is 1130. The first-order chi connectivity index (χ1) is 13.5. The average Bonchev–Trinajstić information content (AvgIpc) is 3.28. The SMILES string of the molecule is Cc1ncc(C(=N)c2cc(OC3CCc4cc(C#N)c(F)cc43)ccc2N)o1. The molecule has 0 amide bonds. The van der Waals surface area contributed by atoms with Gasteiger partial charge in [-0.3, -0.25) is 5.41 Å². The van der Waals surface area contributed by atoms with Gasteiger partial charge in [0.05, 0.1) is 11.8 Å². The van der Waals surface area contributed by atoms with Crippen molar-refractivity contribution in [2.75, 3.05) is 5.73 Å². The maximum atomic E-state index is 14.0. The van der Waals surface area contributed by atoms with E-state index in [4.69, 9.17) is 25.6 Å². The van der Waals surface area contributed by atoms with E-state index in [0.717, 1.165) is 11.1 Å². The van der Waals surface area contributed by atoms with Gasteiger partial charge in [-0.15, -0.1) is 0 Å². The van der Waals surface area contributed by atoms with Gasteiger partial charge in [-0.1, -0.05) is 0 Å². The van der Waals surface area contributed by atoms with E-state index in [2.05, 4.69) is 4.98 Å². The Hall–Kier alpha value is -3.66. The first kappa shape index (κ1) is 17.7. The number of aryl methyl sites for hydroxylation is 2. The smallest absolute Gasteiger partial charge is 0.191 e. The van der Waals surface area contributed by atoms with Crippen LogP contribution in [0.5, 0.6) is 5.75 Å². The van der Waals surface area contributed by atoms with Crippen LogP contribution < -0.4 is 10.5 Å². The second-order valence-corrected chi connectivity index (χ2v) is 6.66. The number of nitriles is 1. The van der Waals surface area contributed by atoms with Crippen LogP contribution in [-0.2, 0) is 6.42 Å². The molecule has 0 fully saturated rings. The highest BCUT2D eigenvalue weighted by atomic mass is 19.1. The molecule has 4 rings (SSSR count). The molecule has 1 aromatic heterocycles. The average molecular weight is 376 g/mol. The van der Waals surface area contributed by atoms with Gasteiger partial charge in [0, 0.05) is 18.2 Å². The van der Waals surface area contributed by atoms with Crippen LogP contribution in [0.3, 0.4) is 0 Å². The zero-order valence-electron chi connectivity index (χ0n) is 15.1. The summed E-state index contributed by atoms with van der Waals surface area (Å²) in [5.41, 5.74) is 8.75. The minimum absolute atomic E-state index is 0.0463. The number of benzene rings is 2. The van der Waals surface area contributed by atoms with Gasteiger partial charge < -0.3 is 14.9 Å². The lowest BCUT2D eigenvalue weighted by Crippen LogP contribution is -2.08. The van der Waals surface area contributed by atoms with E-state index in [0.29, 0.717) is 41.5 Å². The number of oxazole rings is 1. The van der Waals surface area contributed by atoms with E-state index in [1.54, 1.807) is 31.2 Å². The number of hydrogen-bond acceptors (Lipinski definition) is 6. The number of ether oxygens (including phenoxy) is 1. The highest BCUT2D eigenvalue weighted by Gasteiger charge is 2.26. The molecule has 1 atom stereocenters. The third-order valence-corrected chi connectivity index (χ3v) is 4.81. The summed E-state index contributed by atoms with van der Waals surface area (Å²) in [5.74, 6) is 0.760. The predicted octanol–water partition coefficient (Wildman–Crippen LogP) is 4.06. The van der Waals surface area contributed by atoms with E-state index in [1.165, 1.54) is 12.3 Å². The number of anilines is 1. The zero-order chi connectivity index (χ0) is 19.8. The molecule has 0 bridgehead atoms. The molecular formula is C21H17FN4O2. The fourth-order valence-corrected chi connectivity index (χ4v) is 3.40. The van der Waals surface area contributed by atoms with Gasteiger partial charge in [-0.25, -0.2) is 9.37 Å². The van der Waals surface area contributed by atoms with E-state index < -0.39 is 5.82 Å². The van der Waals surface area contributed by atoms with Crippen LogP contribution in [0.15, 0.2) is 40.9 Å². The Labute approximate surface area is 160 Å². The Morgan fingerprint density at radius 3 is 2.93 bits per heavy atom. The Morgan fingerprint density at radius 1 is 1.39 bits per heavy atom. The highest BCUT2D eigenvalue weighted by Crippen LogP contribution is 2.37. The van der Waals surface area contributed by atoms with Crippen LogP contribution in [0, 0.1) is 29.5 Å². The molecule has 28 heavy (non-hydrogen) atoms. The van der Waals surface area contributed by atoms with Gasteiger partial charge in [-0.2, -0.15) is 5.26 Å². The zero-order valence-corrected chi connectivity index (χ0v) is 15.1. The number of nitrogens with zero attached hydrogens (tertiary/aromatic N) is 2. The largest absolute Gasteiger partial charge is 0.486 e. The lowest BCUT2D eigenvalue weighted by molar-refractivity contribution is 0.207. The standard InChI is InChI=1S/C21H17FN4O2/c1-11-26-10-20(27-11)21(25)16-7-14(3-4-18(16)24)28-19-5-2-12-6-13(9-23)17(22)8-15(12)19/h3-4,6-8,10,19,25H,2,5,24H2,1H3. The van der Waals surface area contributed by atoms with E-state index in [-0.39, 0.29) is 17.4 Å². The second-order valence-electron chi connectivity index (χ2n) is 6.66. The molecule has 3 N–H and O–H groups in total. The summed E-state index contributed by atoms with van der Waals surface area (Å²) in [4.78, 5) is 4.01. The molecule has 0 spiro atoms. The number of rotatable bonds is 4. The normalized spacial score (nSPS) is 15.1. The lowest BCUT2D eigenvalue weighted by Gasteiger charge is -2.17. The van der Waals surface area contributed by atoms with Crippen molar-refractivity contribution in [1.82, 2.24) is 4.98 Å². The van der Waals surface area contributed by atoms with Gasteiger partial charge in [-0.05, 0) is 54.3 Å². The Balaban J connectivity index is 1.62. The Morgan fingerprint density at radius 2 is 2.21 bits per heavy atom. The molecule has 1 aliphatic rings. The van der Waals surface area contributed by atoms with Crippen molar-refractivity contribution < 1.29 is 13.5 Å². The molecule has 0 saturated heterocycles. The van der Waals surface area contributed by atoms with Crippen LogP contribution in [0.25, 0.3) is 0 Å². The number of aromatic nitrogens is 1. The summed E-state index contributed by atoms with van der Waals surface area (Å²) in [6, 6.07) is 9.89. The van der Waals surface area contributed by atoms with E-state index >= 15 is 0 Å². The maximum Gasteiger partial charge on any atom is 0.191 e. The van der Waals surface area contributed by atoms with Crippen molar-refractivity contribution in [3.05, 3.63) is 76.3 Å². The van der Waals surface area contributed by atoms with Gasteiger partial charge in [0.25, 0.3) is 0 Å². The maximum absolute atomic E-state index is 14.0. The number of nitrogen functional groups attached to an aromatic ring is 1. The van der Waals surface area contributed by atoms with Crippen LogP contribution in [0.2, 0.25) is 0 Å². The van der Waals surface area contributed by atoms with Crippen molar-refractivity contribution in [2.24, 2.45) is 0 Å². The van der Waals surface area contributed by atoms with Crippen molar-refractivity contribution in [1.29, 1.82) is 10.7 Å². The number of nitrogens with one attached hydrogen (secondary N) is 1. The number of halogens is 1. The first-order valence-corrected chi connectivity index (χ1v) is 8.76. The van der Waals surface area contributed by atoms with E-state index in [1.807, 2.05) is 6.07 Å². The summed E-state index contributed by atoms with van der Waals surface area (Å²) in [7, 11) is 0. The molecule has 140 valence electrons. The fraction of sp³-hybridized carbons (Fsp3) is 0.190. The minimum Gasteiger partial charge on any atom is -0.486 e. The molecule has 7 heteroatoms. The minimum atomic E-state index is -0.544. The molecular weight excluding hydrogens is 359 g/mol. The summed E-state index contributed by atoms with van der Waals surface area (Å²) in [6.07, 6.45) is 2.55. The van der Waals surface area contributed by atoms with Crippen molar-refractivity contribution >= 4 is 11.4 Å². The summed E-state index contributed by atoms with van der Waals surface area (Å²) < 4.78 is 25.5. The molecule has 2 aromatic carbocycles. The van der Waals surface area contributed by atoms with Gasteiger partial charge in [0.2, 0.25) is 0 Å². The second kappa shape index (κ2) is 6.82. The number of nitrogens with two attached hydrogens (primary N) is 1. The number of hydrogen-bond donors (Lipinski definition) is 2. The van der Waals surface area contributed by atoms with Crippen LogP contribution >= 0.6 is 0 Å². The van der Waals surface area contributed by atoms with Crippen molar-refractivity contribution in [2.45, 2.75) is 25.9 Å². The predicted molar refractivity (Wildman–Crippen MR) is 101 cm³/mol. The van der Waals surface area contributed by atoms with Gasteiger partial charge in [0.1, 0.15) is 29.5 Å². The molecule has 1 unspecified atom stereocenters. The molecule has 1 aliphatic carbocycles. The van der Waals surface area contributed by atoms with E-state index in [9.17, 15) is 4.39 Å². The summed E-state index contributed by atoms with van der Waals surface area (Å²) >= 11 is 0. The molecule has 0 aliphatic heterocycles. The quantitative estimate of drug-likeness (QED) is 0.527. The number of fused-ring (bicyclic) bond motifs is 1. The third-order valence-electron chi connectivity index (χ3n) is 4.81. The molecule has 6 nitrogen and oxygen atoms in total. The van der Waals surface area contributed by atoms with Crippen LogP contribution in [0.4, 0.5) is 10.1 Å². The summed E-state index contributed by atoms with van der Waals surface area (Å²) in [5, 5.41) is 17.3. The molecule has 0 saturated carbocycles. The lowest BCUT2D eigenvalue weighted by atomic mass is 10.0. The molecule has 3 aromatic rings. The van der Waals surface area contributed by atoms with Crippen LogP contribution in [-0.4, -0.2) is 10.7 Å². The topological polar surface area (TPSA) is 109 Å².